The molecule has 4 nitrogen and oxygen atoms in total. The van der Waals surface area contributed by atoms with Gasteiger partial charge in [-0.2, -0.15) is 0 Å². The molecule has 1 rings (SSSR count). The van der Waals surface area contributed by atoms with Crippen LogP contribution in [0.2, 0.25) is 0 Å². The molecular weight excluding hydrogens is 206 g/mol. The summed E-state index contributed by atoms with van der Waals surface area (Å²) in [5.74, 6) is -0.542. The summed E-state index contributed by atoms with van der Waals surface area (Å²) in [6.07, 6.45) is 2.59. The van der Waals surface area contributed by atoms with Gasteiger partial charge in [-0.1, -0.05) is 0 Å². The van der Waals surface area contributed by atoms with E-state index in [1.54, 1.807) is 0 Å². The van der Waals surface area contributed by atoms with Gasteiger partial charge in [0.1, 0.15) is 0 Å². The lowest BCUT2D eigenvalue weighted by Crippen LogP contribution is -2.51. The van der Waals surface area contributed by atoms with Gasteiger partial charge >= 0.3 is 0 Å². The molecule has 1 aliphatic heterocycles. The fourth-order valence-corrected chi connectivity index (χ4v) is 1.45. The summed E-state index contributed by atoms with van der Waals surface area (Å²) in [5, 5.41) is 0. The Kier molecular flexibility index (Phi) is 3.24. The van der Waals surface area contributed by atoms with Crippen LogP contribution in [0, 0.1) is 0 Å². The molecule has 0 radical (unpaired) electrons. The first-order valence-electron chi connectivity index (χ1n) is 5.34. The van der Waals surface area contributed by atoms with Gasteiger partial charge in [-0.25, -0.2) is 0 Å². The molecule has 1 aliphatic rings. The van der Waals surface area contributed by atoms with Crippen molar-refractivity contribution in [2.75, 3.05) is 6.61 Å². The quantitative estimate of drug-likeness (QED) is 0.684. The normalized spacial score (nSPS) is 17.4. The third kappa shape index (κ3) is 2.92. The topological polar surface area (TPSA) is 46.6 Å². The largest absolute Gasteiger partial charge is 0.373 e. The maximum atomic E-state index is 11.5. The standard InChI is InChI=1S/C12H19NO3/c1-11(2,3)16-8-12(4,5)13-9(14)6-7-10(13)15/h6-7H,8H2,1-5H3. The Hall–Kier alpha value is -1.16. The molecule has 0 aliphatic carbocycles. The average Bonchev–Trinajstić information content (AvgIpc) is 2.42. The summed E-state index contributed by atoms with van der Waals surface area (Å²) < 4.78 is 5.63. The summed E-state index contributed by atoms with van der Waals surface area (Å²) in [6, 6.07) is 0. The van der Waals surface area contributed by atoms with Crippen LogP contribution >= 0.6 is 0 Å². The molecule has 0 saturated heterocycles. The van der Waals surface area contributed by atoms with E-state index in [1.807, 2.05) is 34.6 Å². The van der Waals surface area contributed by atoms with Gasteiger partial charge in [0.15, 0.2) is 0 Å². The van der Waals surface area contributed by atoms with Crippen molar-refractivity contribution in [2.45, 2.75) is 45.8 Å². The molecule has 0 N–H and O–H groups in total. The predicted octanol–water partition coefficient (Wildman–Crippen LogP) is 1.51. The zero-order valence-corrected chi connectivity index (χ0v) is 10.5. The average molecular weight is 225 g/mol. The highest BCUT2D eigenvalue weighted by atomic mass is 16.5. The summed E-state index contributed by atoms with van der Waals surface area (Å²) in [5.41, 5.74) is -0.901. The lowest BCUT2D eigenvalue weighted by molar-refractivity contribution is -0.148. The van der Waals surface area contributed by atoms with Crippen molar-refractivity contribution in [3.63, 3.8) is 0 Å². The van der Waals surface area contributed by atoms with Crippen LogP contribution in [0.25, 0.3) is 0 Å². The first-order chi connectivity index (χ1) is 7.13. The van der Waals surface area contributed by atoms with E-state index >= 15 is 0 Å². The summed E-state index contributed by atoms with van der Waals surface area (Å²) in [7, 11) is 0. The molecule has 0 bridgehead atoms. The van der Waals surface area contributed by atoms with Crippen LogP contribution in [0.4, 0.5) is 0 Å². The Morgan fingerprint density at radius 3 is 1.88 bits per heavy atom. The SMILES string of the molecule is CC(C)(C)OCC(C)(C)N1C(=O)C=CC1=O. The van der Waals surface area contributed by atoms with E-state index < -0.39 is 5.54 Å². The highest BCUT2D eigenvalue weighted by Crippen LogP contribution is 2.22. The molecule has 0 atom stereocenters. The number of hydrogen-bond acceptors (Lipinski definition) is 3. The highest BCUT2D eigenvalue weighted by molar-refractivity contribution is 6.13. The molecule has 0 unspecified atom stereocenters. The molecule has 16 heavy (non-hydrogen) atoms. The molecule has 1 heterocycles. The molecule has 90 valence electrons. The minimum Gasteiger partial charge on any atom is -0.373 e. The van der Waals surface area contributed by atoms with Crippen LogP contribution in [0.5, 0.6) is 0 Å². The van der Waals surface area contributed by atoms with Crippen molar-refractivity contribution in [1.29, 1.82) is 0 Å². The van der Waals surface area contributed by atoms with Gasteiger partial charge in [0.25, 0.3) is 11.8 Å². The molecule has 0 saturated carbocycles. The number of rotatable bonds is 3. The predicted molar refractivity (Wildman–Crippen MR) is 60.8 cm³/mol. The Morgan fingerprint density at radius 2 is 1.50 bits per heavy atom. The molecular formula is C12H19NO3. The number of ether oxygens (including phenoxy) is 1. The van der Waals surface area contributed by atoms with Crippen molar-refractivity contribution < 1.29 is 14.3 Å². The number of nitrogens with zero attached hydrogens (tertiary/aromatic N) is 1. The monoisotopic (exact) mass is 225 g/mol. The van der Waals surface area contributed by atoms with Crippen LogP contribution in [-0.2, 0) is 14.3 Å². The third-order valence-corrected chi connectivity index (χ3v) is 2.27. The van der Waals surface area contributed by atoms with Crippen LogP contribution < -0.4 is 0 Å². The van der Waals surface area contributed by atoms with Gasteiger partial charge in [0.05, 0.1) is 17.7 Å². The Morgan fingerprint density at radius 1 is 1.06 bits per heavy atom. The molecule has 0 spiro atoms. The lowest BCUT2D eigenvalue weighted by atomic mass is 10.0. The second kappa shape index (κ2) is 4.01. The van der Waals surface area contributed by atoms with Gasteiger partial charge in [-0.15, -0.1) is 0 Å². The van der Waals surface area contributed by atoms with Crippen LogP contribution in [0.3, 0.4) is 0 Å². The Balaban J connectivity index is 2.71. The molecule has 0 aromatic heterocycles. The van der Waals surface area contributed by atoms with E-state index in [1.165, 1.54) is 17.1 Å². The molecule has 0 fully saturated rings. The fourth-order valence-electron chi connectivity index (χ4n) is 1.45. The number of hydrogen-bond donors (Lipinski definition) is 0. The minimum absolute atomic E-state index is 0.271. The summed E-state index contributed by atoms with van der Waals surface area (Å²) in [6.45, 7) is 9.79. The molecule has 0 aromatic carbocycles. The maximum absolute atomic E-state index is 11.5. The van der Waals surface area contributed by atoms with Crippen LogP contribution in [0.1, 0.15) is 34.6 Å². The van der Waals surface area contributed by atoms with E-state index in [0.29, 0.717) is 6.61 Å². The van der Waals surface area contributed by atoms with Gasteiger partial charge in [-0.3, -0.25) is 14.5 Å². The van der Waals surface area contributed by atoms with E-state index in [2.05, 4.69) is 0 Å². The van der Waals surface area contributed by atoms with E-state index in [0.717, 1.165) is 0 Å². The second-order valence-electron chi connectivity index (χ2n) is 5.56. The van der Waals surface area contributed by atoms with Crippen molar-refractivity contribution >= 4 is 11.8 Å². The second-order valence-corrected chi connectivity index (χ2v) is 5.56. The molecule has 2 amide bonds. The van der Waals surface area contributed by atoms with Crippen molar-refractivity contribution in [1.82, 2.24) is 4.90 Å². The van der Waals surface area contributed by atoms with Gasteiger partial charge in [-0.05, 0) is 34.6 Å². The van der Waals surface area contributed by atoms with Crippen LogP contribution in [-0.4, -0.2) is 34.5 Å². The number of carbonyl (C=O) groups is 2. The minimum atomic E-state index is -0.620. The van der Waals surface area contributed by atoms with Gasteiger partial charge in [0.2, 0.25) is 0 Å². The lowest BCUT2D eigenvalue weighted by Gasteiger charge is -2.35. The highest BCUT2D eigenvalue weighted by Gasteiger charge is 2.38. The molecule has 0 aromatic rings. The van der Waals surface area contributed by atoms with Gasteiger partial charge in [0, 0.05) is 12.2 Å². The number of carbonyl (C=O) groups excluding carboxylic acids is 2. The fraction of sp³-hybridized carbons (Fsp3) is 0.667. The van der Waals surface area contributed by atoms with Crippen molar-refractivity contribution in [3.05, 3.63) is 12.2 Å². The van der Waals surface area contributed by atoms with Crippen molar-refractivity contribution in [2.24, 2.45) is 0 Å². The van der Waals surface area contributed by atoms with Crippen molar-refractivity contribution in [3.8, 4) is 0 Å². The Labute approximate surface area is 96.3 Å². The van der Waals surface area contributed by atoms with E-state index in [9.17, 15) is 9.59 Å². The van der Waals surface area contributed by atoms with E-state index in [-0.39, 0.29) is 17.4 Å². The van der Waals surface area contributed by atoms with E-state index in [4.69, 9.17) is 4.74 Å². The summed E-state index contributed by atoms with van der Waals surface area (Å²) >= 11 is 0. The maximum Gasteiger partial charge on any atom is 0.254 e. The third-order valence-electron chi connectivity index (χ3n) is 2.27. The Bertz CT molecular complexity index is 319. The zero-order valence-electron chi connectivity index (χ0n) is 10.5. The first-order valence-corrected chi connectivity index (χ1v) is 5.34. The first kappa shape index (κ1) is 12.9. The zero-order chi connectivity index (χ0) is 12.6. The summed E-state index contributed by atoms with van der Waals surface area (Å²) in [4.78, 5) is 24.3. The molecule has 4 heteroatoms. The smallest absolute Gasteiger partial charge is 0.254 e. The van der Waals surface area contributed by atoms with Gasteiger partial charge < -0.3 is 4.74 Å². The number of imide groups is 1. The number of amides is 2. The van der Waals surface area contributed by atoms with Crippen LogP contribution in [0.15, 0.2) is 12.2 Å².